The third-order valence-corrected chi connectivity index (χ3v) is 3.71. The molecule has 1 aromatic heterocycles. The first-order valence-corrected chi connectivity index (χ1v) is 8.13. The standard InChI is InChI=1S/C14H26N4O2S/c1-4-20-8-5-6-15-14(16-7-9-19-3)17-10-13-12(2)18-11-21-13/h11H,4-10H2,1-3H3,(H2,15,16,17). The van der Waals surface area contributed by atoms with Gasteiger partial charge in [0.15, 0.2) is 5.96 Å². The molecule has 0 amide bonds. The predicted octanol–water partition coefficient (Wildman–Crippen LogP) is 1.56. The zero-order valence-electron chi connectivity index (χ0n) is 13.1. The maximum Gasteiger partial charge on any atom is 0.191 e. The van der Waals surface area contributed by atoms with Gasteiger partial charge in [-0.05, 0) is 20.3 Å². The van der Waals surface area contributed by atoms with Crippen LogP contribution < -0.4 is 10.6 Å². The summed E-state index contributed by atoms with van der Waals surface area (Å²) in [7, 11) is 1.69. The number of nitrogens with zero attached hydrogens (tertiary/aromatic N) is 2. The lowest BCUT2D eigenvalue weighted by Gasteiger charge is -2.12. The van der Waals surface area contributed by atoms with Gasteiger partial charge >= 0.3 is 0 Å². The lowest BCUT2D eigenvalue weighted by atomic mass is 10.4. The summed E-state index contributed by atoms with van der Waals surface area (Å²) in [4.78, 5) is 10.0. The predicted molar refractivity (Wildman–Crippen MR) is 87.0 cm³/mol. The van der Waals surface area contributed by atoms with Crippen molar-refractivity contribution in [1.82, 2.24) is 15.6 Å². The van der Waals surface area contributed by atoms with Crippen LogP contribution in [0.4, 0.5) is 0 Å². The van der Waals surface area contributed by atoms with Crippen LogP contribution in [0.3, 0.4) is 0 Å². The summed E-state index contributed by atoms with van der Waals surface area (Å²) in [6.45, 7) is 8.40. The van der Waals surface area contributed by atoms with Gasteiger partial charge in [-0.15, -0.1) is 11.3 Å². The molecule has 0 unspecified atom stereocenters. The quantitative estimate of drug-likeness (QED) is 0.390. The Hall–Kier alpha value is -1.18. The van der Waals surface area contributed by atoms with E-state index >= 15 is 0 Å². The van der Waals surface area contributed by atoms with Crippen LogP contribution in [0, 0.1) is 6.92 Å². The van der Waals surface area contributed by atoms with E-state index in [1.54, 1.807) is 18.4 Å². The van der Waals surface area contributed by atoms with Gasteiger partial charge in [0.2, 0.25) is 0 Å². The highest BCUT2D eigenvalue weighted by Gasteiger charge is 2.02. The van der Waals surface area contributed by atoms with Gasteiger partial charge in [-0.25, -0.2) is 9.98 Å². The van der Waals surface area contributed by atoms with Gasteiger partial charge in [-0.1, -0.05) is 0 Å². The van der Waals surface area contributed by atoms with E-state index in [0.717, 1.165) is 44.4 Å². The SMILES string of the molecule is CCOCCCNC(=NCc1scnc1C)NCCOC. The highest BCUT2D eigenvalue weighted by atomic mass is 32.1. The summed E-state index contributed by atoms with van der Waals surface area (Å²) >= 11 is 1.64. The first kappa shape index (κ1) is 17.9. The minimum Gasteiger partial charge on any atom is -0.383 e. The number of nitrogens with one attached hydrogen (secondary N) is 2. The topological polar surface area (TPSA) is 67.8 Å². The smallest absolute Gasteiger partial charge is 0.191 e. The lowest BCUT2D eigenvalue weighted by molar-refractivity contribution is 0.145. The molecule has 0 saturated heterocycles. The number of methoxy groups -OCH3 is 1. The number of ether oxygens (including phenoxy) is 2. The number of hydrogen-bond donors (Lipinski definition) is 2. The van der Waals surface area contributed by atoms with Gasteiger partial charge in [0.25, 0.3) is 0 Å². The molecule has 21 heavy (non-hydrogen) atoms. The Bertz CT molecular complexity index is 409. The molecule has 0 spiro atoms. The van der Waals surface area contributed by atoms with Gasteiger partial charge in [-0.2, -0.15) is 0 Å². The van der Waals surface area contributed by atoms with Crippen LogP contribution in [-0.4, -0.2) is 51.0 Å². The normalized spacial score (nSPS) is 11.7. The lowest BCUT2D eigenvalue weighted by Crippen LogP contribution is -2.39. The van der Waals surface area contributed by atoms with E-state index in [1.807, 2.05) is 19.4 Å². The van der Waals surface area contributed by atoms with Crippen molar-refractivity contribution in [3.05, 3.63) is 16.1 Å². The van der Waals surface area contributed by atoms with E-state index in [2.05, 4.69) is 20.6 Å². The molecule has 0 atom stereocenters. The van der Waals surface area contributed by atoms with Crippen LogP contribution in [0.15, 0.2) is 10.5 Å². The number of aliphatic imine (C=N–C) groups is 1. The van der Waals surface area contributed by atoms with E-state index in [4.69, 9.17) is 9.47 Å². The summed E-state index contributed by atoms with van der Waals surface area (Å²) in [5.74, 6) is 0.802. The second-order valence-electron chi connectivity index (χ2n) is 4.42. The minimum absolute atomic E-state index is 0.643. The monoisotopic (exact) mass is 314 g/mol. The molecular formula is C14H26N4O2S. The van der Waals surface area contributed by atoms with Crippen molar-refractivity contribution in [2.45, 2.75) is 26.8 Å². The molecule has 120 valence electrons. The molecule has 6 nitrogen and oxygen atoms in total. The third kappa shape index (κ3) is 7.99. The first-order valence-electron chi connectivity index (χ1n) is 7.25. The highest BCUT2D eigenvalue weighted by molar-refractivity contribution is 7.09. The maximum atomic E-state index is 5.32. The molecule has 1 rings (SSSR count). The zero-order chi connectivity index (χ0) is 15.3. The molecule has 0 aromatic carbocycles. The molecule has 0 radical (unpaired) electrons. The van der Waals surface area contributed by atoms with Crippen molar-refractivity contribution < 1.29 is 9.47 Å². The Labute approximate surface area is 131 Å². The van der Waals surface area contributed by atoms with Crippen LogP contribution in [0.1, 0.15) is 23.9 Å². The molecule has 1 heterocycles. The van der Waals surface area contributed by atoms with Crippen LogP contribution in [0.5, 0.6) is 0 Å². The van der Waals surface area contributed by atoms with E-state index < -0.39 is 0 Å². The van der Waals surface area contributed by atoms with Gasteiger partial charge < -0.3 is 20.1 Å². The fraction of sp³-hybridized carbons (Fsp3) is 0.714. The number of hydrogen-bond acceptors (Lipinski definition) is 5. The third-order valence-electron chi connectivity index (χ3n) is 2.79. The molecule has 0 aliphatic rings. The van der Waals surface area contributed by atoms with E-state index in [-0.39, 0.29) is 0 Å². The second-order valence-corrected chi connectivity index (χ2v) is 5.36. The second kappa shape index (κ2) is 11.5. The summed E-state index contributed by atoms with van der Waals surface area (Å²) in [6, 6.07) is 0. The van der Waals surface area contributed by atoms with E-state index in [1.165, 1.54) is 4.88 Å². The fourth-order valence-electron chi connectivity index (χ4n) is 1.60. The maximum absolute atomic E-state index is 5.32. The van der Waals surface area contributed by atoms with Crippen LogP contribution in [0.2, 0.25) is 0 Å². The van der Waals surface area contributed by atoms with Crippen molar-refractivity contribution >= 4 is 17.3 Å². The molecule has 0 aliphatic carbocycles. The minimum atomic E-state index is 0.643. The van der Waals surface area contributed by atoms with Crippen molar-refractivity contribution in [1.29, 1.82) is 0 Å². The largest absolute Gasteiger partial charge is 0.383 e. The molecule has 0 bridgehead atoms. The van der Waals surface area contributed by atoms with Gasteiger partial charge in [-0.3, -0.25) is 0 Å². The van der Waals surface area contributed by atoms with Crippen molar-refractivity contribution in [3.8, 4) is 0 Å². The average Bonchev–Trinajstić information content (AvgIpc) is 2.89. The molecule has 7 heteroatoms. The van der Waals surface area contributed by atoms with E-state index in [0.29, 0.717) is 13.2 Å². The van der Waals surface area contributed by atoms with Gasteiger partial charge in [0.1, 0.15) is 0 Å². The molecule has 0 fully saturated rings. The Kier molecular flexibility index (Phi) is 9.77. The molecule has 1 aromatic rings. The number of guanidine groups is 1. The fourth-order valence-corrected chi connectivity index (χ4v) is 2.30. The summed E-state index contributed by atoms with van der Waals surface area (Å²) in [5.41, 5.74) is 2.91. The number of rotatable bonds is 10. The summed E-state index contributed by atoms with van der Waals surface area (Å²) < 4.78 is 10.4. The van der Waals surface area contributed by atoms with Crippen molar-refractivity contribution in [3.63, 3.8) is 0 Å². The van der Waals surface area contributed by atoms with Gasteiger partial charge in [0, 0.05) is 38.3 Å². The zero-order valence-corrected chi connectivity index (χ0v) is 14.0. The Morgan fingerprint density at radius 2 is 2.14 bits per heavy atom. The van der Waals surface area contributed by atoms with Crippen molar-refractivity contribution in [2.24, 2.45) is 4.99 Å². The Morgan fingerprint density at radius 3 is 2.81 bits per heavy atom. The van der Waals surface area contributed by atoms with Crippen LogP contribution >= 0.6 is 11.3 Å². The van der Waals surface area contributed by atoms with Crippen molar-refractivity contribution in [2.75, 3.05) is 40.0 Å². The number of aromatic nitrogens is 1. The van der Waals surface area contributed by atoms with Gasteiger partial charge in [0.05, 0.1) is 24.4 Å². The number of thiazole rings is 1. The molecule has 0 aliphatic heterocycles. The van der Waals surface area contributed by atoms with E-state index in [9.17, 15) is 0 Å². The first-order chi connectivity index (χ1) is 10.3. The summed E-state index contributed by atoms with van der Waals surface area (Å²) in [5, 5.41) is 6.56. The average molecular weight is 314 g/mol. The van der Waals surface area contributed by atoms with Crippen LogP contribution in [0.25, 0.3) is 0 Å². The molecule has 0 saturated carbocycles. The van der Waals surface area contributed by atoms with Crippen LogP contribution in [-0.2, 0) is 16.0 Å². The molecular weight excluding hydrogens is 288 g/mol. The Morgan fingerprint density at radius 1 is 1.33 bits per heavy atom. The highest BCUT2D eigenvalue weighted by Crippen LogP contribution is 2.12. The molecule has 2 N–H and O–H groups in total. The Balaban J connectivity index is 2.40. The summed E-state index contributed by atoms with van der Waals surface area (Å²) in [6.07, 6.45) is 0.957. The number of aryl methyl sites for hydroxylation is 1.